The Morgan fingerprint density at radius 1 is 1.30 bits per heavy atom. The van der Waals surface area contributed by atoms with Gasteiger partial charge in [0.2, 0.25) is 5.91 Å². The number of aromatic amines is 1. The van der Waals surface area contributed by atoms with Gasteiger partial charge in [-0.1, -0.05) is 18.2 Å². The summed E-state index contributed by atoms with van der Waals surface area (Å²) in [5.74, 6) is -1.48. The number of hydrogen-bond donors (Lipinski definition) is 4. The zero-order valence-electron chi connectivity index (χ0n) is 10.8. The van der Waals surface area contributed by atoms with Crippen LogP contribution in [-0.4, -0.2) is 39.7 Å². The van der Waals surface area contributed by atoms with Crippen LogP contribution in [0.2, 0.25) is 0 Å². The Kier molecular flexibility index (Phi) is 4.37. The highest BCUT2D eigenvalue weighted by Crippen LogP contribution is 2.17. The maximum Gasteiger partial charge on any atom is 0.332 e. The fourth-order valence-electron chi connectivity index (χ4n) is 1.99. The van der Waals surface area contributed by atoms with Gasteiger partial charge in [0, 0.05) is 30.1 Å². The maximum absolute atomic E-state index is 11.8. The predicted molar refractivity (Wildman–Crippen MR) is 73.3 cm³/mol. The number of aliphatic hydroxyl groups excluding tert-OH is 1. The van der Waals surface area contributed by atoms with Crippen molar-refractivity contribution >= 4 is 22.8 Å². The Morgan fingerprint density at radius 3 is 2.80 bits per heavy atom. The molecule has 106 valence electrons. The van der Waals surface area contributed by atoms with Gasteiger partial charge >= 0.3 is 5.97 Å². The zero-order chi connectivity index (χ0) is 14.5. The Labute approximate surface area is 115 Å². The largest absolute Gasteiger partial charge is 0.479 e. The van der Waals surface area contributed by atoms with Gasteiger partial charge in [-0.15, -0.1) is 0 Å². The Balaban J connectivity index is 1.87. The predicted octanol–water partition coefficient (Wildman–Crippen LogP) is 0.662. The van der Waals surface area contributed by atoms with Gasteiger partial charge in [0.15, 0.2) is 6.10 Å². The molecule has 0 aliphatic rings. The van der Waals surface area contributed by atoms with Crippen molar-refractivity contribution in [3.05, 3.63) is 36.0 Å². The topological polar surface area (TPSA) is 102 Å². The maximum atomic E-state index is 11.8. The standard InChI is InChI=1S/C14H16N2O4/c17-12(14(19)20)5-6-15-13(18)7-9-8-16-11-4-2-1-3-10(9)11/h1-4,8,12,16-17H,5-7H2,(H,15,18)(H,19,20)/t12-/m0/s1. The van der Waals surface area contributed by atoms with E-state index >= 15 is 0 Å². The van der Waals surface area contributed by atoms with Gasteiger partial charge in [0.05, 0.1) is 6.42 Å². The number of carboxylic acids is 1. The Bertz CT molecular complexity index is 620. The Hall–Kier alpha value is -2.34. The molecule has 6 nitrogen and oxygen atoms in total. The molecule has 0 fully saturated rings. The number of carbonyl (C=O) groups is 2. The quantitative estimate of drug-likeness (QED) is 0.622. The molecule has 2 rings (SSSR count). The first kappa shape index (κ1) is 14.1. The number of rotatable bonds is 6. The average Bonchev–Trinajstić information content (AvgIpc) is 2.82. The van der Waals surface area contributed by atoms with Gasteiger partial charge in [0.1, 0.15) is 0 Å². The third kappa shape index (κ3) is 3.36. The summed E-state index contributed by atoms with van der Waals surface area (Å²) >= 11 is 0. The molecule has 6 heteroatoms. The number of H-pyrrole nitrogens is 1. The van der Waals surface area contributed by atoms with E-state index in [0.29, 0.717) is 0 Å². The van der Waals surface area contributed by atoms with Crippen molar-refractivity contribution in [2.75, 3.05) is 6.54 Å². The van der Waals surface area contributed by atoms with Gasteiger partial charge in [-0.3, -0.25) is 4.79 Å². The van der Waals surface area contributed by atoms with Crippen LogP contribution in [0, 0.1) is 0 Å². The van der Waals surface area contributed by atoms with E-state index in [1.54, 1.807) is 6.20 Å². The molecule has 0 aliphatic carbocycles. The first-order valence-electron chi connectivity index (χ1n) is 6.30. The molecule has 20 heavy (non-hydrogen) atoms. The average molecular weight is 276 g/mol. The number of nitrogens with one attached hydrogen (secondary N) is 2. The molecule has 0 spiro atoms. The van der Waals surface area contributed by atoms with E-state index in [4.69, 9.17) is 10.2 Å². The minimum Gasteiger partial charge on any atom is -0.479 e. The third-order valence-electron chi connectivity index (χ3n) is 3.05. The van der Waals surface area contributed by atoms with Crippen molar-refractivity contribution in [3.8, 4) is 0 Å². The van der Waals surface area contributed by atoms with Crippen molar-refractivity contribution in [2.24, 2.45) is 0 Å². The molecule has 0 bridgehead atoms. The van der Waals surface area contributed by atoms with Crippen LogP contribution < -0.4 is 5.32 Å². The number of carbonyl (C=O) groups excluding carboxylic acids is 1. The number of aliphatic hydroxyl groups is 1. The normalized spacial score (nSPS) is 12.2. The summed E-state index contributed by atoms with van der Waals surface area (Å²) in [5, 5.41) is 21.2. The van der Waals surface area contributed by atoms with E-state index in [1.807, 2.05) is 24.3 Å². The van der Waals surface area contributed by atoms with E-state index < -0.39 is 12.1 Å². The fraction of sp³-hybridized carbons (Fsp3) is 0.286. The molecule has 2 aromatic rings. The van der Waals surface area contributed by atoms with E-state index in [2.05, 4.69) is 10.3 Å². The van der Waals surface area contributed by atoms with Crippen LogP contribution in [0.3, 0.4) is 0 Å². The van der Waals surface area contributed by atoms with Crippen LogP contribution in [0.5, 0.6) is 0 Å². The van der Waals surface area contributed by atoms with E-state index in [9.17, 15) is 9.59 Å². The van der Waals surface area contributed by atoms with Crippen LogP contribution in [-0.2, 0) is 16.0 Å². The Morgan fingerprint density at radius 2 is 2.05 bits per heavy atom. The summed E-state index contributed by atoms with van der Waals surface area (Å²) in [6.45, 7) is 0.134. The van der Waals surface area contributed by atoms with Crippen molar-refractivity contribution in [1.82, 2.24) is 10.3 Å². The lowest BCUT2D eigenvalue weighted by Gasteiger charge is -2.07. The number of carboxylic acid groups (broad SMARTS) is 1. The molecule has 0 aliphatic heterocycles. The lowest BCUT2D eigenvalue weighted by molar-refractivity contribution is -0.147. The molecule has 0 unspecified atom stereocenters. The van der Waals surface area contributed by atoms with Gasteiger partial charge in [-0.25, -0.2) is 4.79 Å². The lowest BCUT2D eigenvalue weighted by Crippen LogP contribution is -2.30. The van der Waals surface area contributed by atoms with Crippen molar-refractivity contribution < 1.29 is 19.8 Å². The first-order chi connectivity index (χ1) is 9.58. The molecule has 1 aromatic carbocycles. The van der Waals surface area contributed by atoms with E-state index in [-0.39, 0.29) is 25.3 Å². The molecule has 0 saturated heterocycles. The van der Waals surface area contributed by atoms with E-state index in [1.165, 1.54) is 0 Å². The summed E-state index contributed by atoms with van der Waals surface area (Å²) in [6, 6.07) is 7.68. The SMILES string of the molecule is O=C(Cc1c[nH]c2ccccc12)NCC[C@H](O)C(=O)O. The monoisotopic (exact) mass is 276 g/mol. The number of para-hydroxylation sites is 1. The molecular formula is C14H16N2O4. The van der Waals surface area contributed by atoms with Crippen molar-refractivity contribution in [2.45, 2.75) is 18.9 Å². The molecule has 1 atom stereocenters. The number of aliphatic carboxylic acids is 1. The van der Waals surface area contributed by atoms with Crippen LogP contribution >= 0.6 is 0 Å². The highest BCUT2D eigenvalue weighted by molar-refractivity contribution is 5.88. The highest BCUT2D eigenvalue weighted by Gasteiger charge is 2.13. The van der Waals surface area contributed by atoms with Crippen LogP contribution in [0.15, 0.2) is 30.5 Å². The number of amides is 1. The number of hydrogen-bond acceptors (Lipinski definition) is 3. The van der Waals surface area contributed by atoms with Gasteiger partial charge in [-0.2, -0.15) is 0 Å². The molecule has 1 heterocycles. The summed E-state index contributed by atoms with van der Waals surface area (Å²) in [6.07, 6.45) is 0.557. The number of aromatic nitrogens is 1. The molecule has 0 saturated carbocycles. The molecule has 4 N–H and O–H groups in total. The minimum atomic E-state index is -1.44. The second-order valence-corrected chi connectivity index (χ2v) is 4.53. The summed E-state index contributed by atoms with van der Waals surface area (Å²) in [5.41, 5.74) is 1.86. The second kappa shape index (κ2) is 6.21. The molecule has 0 radical (unpaired) electrons. The van der Waals surface area contributed by atoms with Gasteiger partial charge in [0.25, 0.3) is 0 Å². The van der Waals surface area contributed by atoms with Gasteiger partial charge < -0.3 is 20.5 Å². The fourth-order valence-corrected chi connectivity index (χ4v) is 1.99. The summed E-state index contributed by atoms with van der Waals surface area (Å²) < 4.78 is 0. The van der Waals surface area contributed by atoms with Crippen molar-refractivity contribution in [3.63, 3.8) is 0 Å². The first-order valence-corrected chi connectivity index (χ1v) is 6.30. The lowest BCUT2D eigenvalue weighted by atomic mass is 10.1. The number of fused-ring (bicyclic) bond motifs is 1. The summed E-state index contributed by atoms with van der Waals surface area (Å²) in [7, 11) is 0. The molecule has 1 aromatic heterocycles. The third-order valence-corrected chi connectivity index (χ3v) is 3.05. The molecule has 1 amide bonds. The molecular weight excluding hydrogens is 260 g/mol. The highest BCUT2D eigenvalue weighted by atomic mass is 16.4. The van der Waals surface area contributed by atoms with Crippen molar-refractivity contribution in [1.29, 1.82) is 0 Å². The van der Waals surface area contributed by atoms with Gasteiger partial charge in [-0.05, 0) is 11.6 Å². The second-order valence-electron chi connectivity index (χ2n) is 4.53. The number of benzene rings is 1. The summed E-state index contributed by atoms with van der Waals surface area (Å²) in [4.78, 5) is 25.2. The smallest absolute Gasteiger partial charge is 0.332 e. The van der Waals surface area contributed by atoms with E-state index in [0.717, 1.165) is 16.5 Å². The van der Waals surface area contributed by atoms with Crippen LogP contribution in [0.25, 0.3) is 10.9 Å². The van der Waals surface area contributed by atoms with Crippen LogP contribution in [0.1, 0.15) is 12.0 Å². The zero-order valence-corrected chi connectivity index (χ0v) is 10.8. The van der Waals surface area contributed by atoms with Crippen LogP contribution in [0.4, 0.5) is 0 Å². The minimum absolute atomic E-state index is 0.00500.